The van der Waals surface area contributed by atoms with Crippen LogP contribution in [0.15, 0.2) is 30.3 Å². The average Bonchev–Trinajstić information content (AvgIpc) is 3.08. The van der Waals surface area contributed by atoms with Gasteiger partial charge in [0, 0.05) is 30.4 Å². The molecule has 0 unspecified atom stereocenters. The van der Waals surface area contributed by atoms with Gasteiger partial charge in [-0.3, -0.25) is 14.9 Å². The van der Waals surface area contributed by atoms with E-state index in [9.17, 15) is 14.9 Å². The molecular formula is C14H16N2O3. The van der Waals surface area contributed by atoms with Gasteiger partial charge in [0.05, 0.1) is 0 Å². The van der Waals surface area contributed by atoms with E-state index in [1.54, 1.807) is 4.90 Å². The van der Waals surface area contributed by atoms with E-state index in [1.807, 2.05) is 18.2 Å². The summed E-state index contributed by atoms with van der Waals surface area (Å²) in [6, 6.07) is 9.51. The largest absolute Gasteiger partial charge is 0.342 e. The number of nitro groups is 1. The monoisotopic (exact) mass is 260 g/mol. The van der Waals surface area contributed by atoms with Crippen molar-refractivity contribution < 1.29 is 9.72 Å². The standard InChI is InChI=1S/C14H16N2O3/c17-14(12-8-13(12)16(18)19)15-7-6-11(9-15)10-4-2-1-3-5-10/h1-5,11-13H,6-9H2/t11-,12+,13+/m0/s1. The van der Waals surface area contributed by atoms with Crippen LogP contribution in [0.5, 0.6) is 0 Å². The third kappa shape index (κ3) is 2.32. The minimum absolute atomic E-state index is 0.0277. The van der Waals surface area contributed by atoms with E-state index in [2.05, 4.69) is 12.1 Å². The maximum Gasteiger partial charge on any atom is 0.232 e. The molecule has 1 saturated heterocycles. The number of rotatable bonds is 3. The number of hydrogen-bond acceptors (Lipinski definition) is 3. The number of amides is 1. The molecule has 1 aliphatic carbocycles. The number of carbonyl (C=O) groups is 1. The third-order valence-electron chi connectivity index (χ3n) is 4.12. The summed E-state index contributed by atoms with van der Waals surface area (Å²) in [5, 5.41) is 10.6. The van der Waals surface area contributed by atoms with Crippen molar-refractivity contribution in [1.29, 1.82) is 0 Å². The van der Waals surface area contributed by atoms with Crippen molar-refractivity contribution in [1.82, 2.24) is 4.90 Å². The van der Waals surface area contributed by atoms with Crippen molar-refractivity contribution >= 4 is 5.91 Å². The molecule has 1 aromatic rings. The number of likely N-dealkylation sites (tertiary alicyclic amines) is 1. The van der Waals surface area contributed by atoms with Crippen LogP contribution in [-0.2, 0) is 4.79 Å². The van der Waals surface area contributed by atoms with E-state index in [0.29, 0.717) is 18.9 Å². The Morgan fingerprint density at radius 2 is 2.05 bits per heavy atom. The van der Waals surface area contributed by atoms with Gasteiger partial charge in [0.2, 0.25) is 11.9 Å². The highest BCUT2D eigenvalue weighted by Crippen LogP contribution is 2.37. The van der Waals surface area contributed by atoms with Crippen LogP contribution in [0.2, 0.25) is 0 Å². The van der Waals surface area contributed by atoms with Gasteiger partial charge in [0.1, 0.15) is 5.92 Å². The minimum atomic E-state index is -0.636. The zero-order valence-electron chi connectivity index (χ0n) is 10.6. The van der Waals surface area contributed by atoms with Gasteiger partial charge in [0.15, 0.2) is 0 Å². The molecule has 0 bridgehead atoms. The van der Waals surface area contributed by atoms with Gasteiger partial charge in [0.25, 0.3) is 0 Å². The molecule has 0 aromatic heterocycles. The van der Waals surface area contributed by atoms with E-state index >= 15 is 0 Å². The lowest BCUT2D eigenvalue weighted by Gasteiger charge is -2.16. The summed E-state index contributed by atoms with van der Waals surface area (Å²) in [7, 11) is 0. The van der Waals surface area contributed by atoms with E-state index in [0.717, 1.165) is 13.0 Å². The lowest BCUT2D eigenvalue weighted by atomic mass is 9.99. The van der Waals surface area contributed by atoms with Crippen LogP contribution in [-0.4, -0.2) is 34.9 Å². The van der Waals surface area contributed by atoms with Gasteiger partial charge in [-0.15, -0.1) is 0 Å². The van der Waals surface area contributed by atoms with Crippen molar-refractivity contribution in [2.45, 2.75) is 24.8 Å². The highest BCUT2D eigenvalue weighted by atomic mass is 16.6. The van der Waals surface area contributed by atoms with Crippen LogP contribution >= 0.6 is 0 Å². The van der Waals surface area contributed by atoms with E-state index in [4.69, 9.17) is 0 Å². The number of nitrogens with zero attached hydrogens (tertiary/aromatic N) is 2. The first-order chi connectivity index (χ1) is 9.16. The Bertz CT molecular complexity index is 503. The van der Waals surface area contributed by atoms with Gasteiger partial charge in [-0.05, 0) is 12.0 Å². The number of carbonyl (C=O) groups excluding carboxylic acids is 1. The average molecular weight is 260 g/mol. The second-order valence-electron chi connectivity index (χ2n) is 5.38. The predicted octanol–water partition coefficient (Wildman–Crippen LogP) is 1.67. The molecule has 3 atom stereocenters. The first-order valence-electron chi connectivity index (χ1n) is 6.64. The fourth-order valence-corrected chi connectivity index (χ4v) is 2.87. The molecule has 19 heavy (non-hydrogen) atoms. The molecule has 0 N–H and O–H groups in total. The van der Waals surface area contributed by atoms with Crippen molar-refractivity contribution in [2.75, 3.05) is 13.1 Å². The highest BCUT2D eigenvalue weighted by molar-refractivity contribution is 5.82. The first-order valence-corrected chi connectivity index (χ1v) is 6.64. The fraction of sp³-hybridized carbons (Fsp3) is 0.500. The van der Waals surface area contributed by atoms with Gasteiger partial charge >= 0.3 is 0 Å². The lowest BCUT2D eigenvalue weighted by molar-refractivity contribution is -0.497. The molecule has 5 heteroatoms. The maximum absolute atomic E-state index is 12.1. The quantitative estimate of drug-likeness (QED) is 0.613. The Hall–Kier alpha value is -1.91. The minimum Gasteiger partial charge on any atom is -0.342 e. The van der Waals surface area contributed by atoms with Crippen molar-refractivity contribution in [3.63, 3.8) is 0 Å². The van der Waals surface area contributed by atoms with E-state index in [-0.39, 0.29) is 16.7 Å². The van der Waals surface area contributed by atoms with Crippen molar-refractivity contribution in [2.24, 2.45) is 5.92 Å². The number of hydrogen-bond donors (Lipinski definition) is 0. The highest BCUT2D eigenvalue weighted by Gasteiger charge is 2.55. The zero-order chi connectivity index (χ0) is 13.4. The topological polar surface area (TPSA) is 63.4 Å². The molecule has 1 heterocycles. The molecule has 0 radical (unpaired) electrons. The Morgan fingerprint density at radius 3 is 2.68 bits per heavy atom. The first kappa shape index (κ1) is 12.1. The third-order valence-corrected chi connectivity index (χ3v) is 4.12. The van der Waals surface area contributed by atoms with E-state index in [1.165, 1.54) is 5.56 Å². The maximum atomic E-state index is 12.1. The molecule has 1 aliphatic heterocycles. The summed E-state index contributed by atoms with van der Waals surface area (Å²) < 4.78 is 0. The molecule has 0 spiro atoms. The Morgan fingerprint density at radius 1 is 1.32 bits per heavy atom. The van der Waals surface area contributed by atoms with Crippen LogP contribution in [0.1, 0.15) is 24.3 Å². The summed E-state index contributed by atoms with van der Waals surface area (Å²) in [6.07, 6.45) is 1.37. The molecule has 3 rings (SSSR count). The molecule has 1 saturated carbocycles. The summed E-state index contributed by atoms with van der Waals surface area (Å²) >= 11 is 0. The van der Waals surface area contributed by atoms with Crippen LogP contribution < -0.4 is 0 Å². The van der Waals surface area contributed by atoms with E-state index < -0.39 is 6.04 Å². The van der Waals surface area contributed by atoms with Crippen molar-refractivity contribution in [3.8, 4) is 0 Å². The molecule has 2 fully saturated rings. The lowest BCUT2D eigenvalue weighted by Crippen LogP contribution is -2.31. The SMILES string of the molecule is O=C([C@@H]1C[C@H]1[N+](=O)[O-])N1CC[C@H](c2ccccc2)C1. The zero-order valence-corrected chi connectivity index (χ0v) is 10.6. The fourth-order valence-electron chi connectivity index (χ4n) is 2.87. The van der Waals surface area contributed by atoms with Gasteiger partial charge < -0.3 is 4.90 Å². The molecule has 1 amide bonds. The second kappa shape index (κ2) is 4.64. The summed E-state index contributed by atoms with van der Waals surface area (Å²) in [4.78, 5) is 24.2. The van der Waals surface area contributed by atoms with Gasteiger partial charge in [-0.25, -0.2) is 0 Å². The molecule has 2 aliphatic rings. The molecular weight excluding hydrogens is 244 g/mol. The Kier molecular flexibility index (Phi) is 2.97. The van der Waals surface area contributed by atoms with Gasteiger partial charge in [-0.2, -0.15) is 0 Å². The molecule has 100 valence electrons. The Balaban J connectivity index is 1.61. The summed E-state index contributed by atoms with van der Waals surface area (Å²) in [5.41, 5.74) is 1.25. The molecule has 5 nitrogen and oxygen atoms in total. The molecule has 1 aromatic carbocycles. The normalized spacial score (nSPS) is 29.3. The Labute approximate surface area is 111 Å². The predicted molar refractivity (Wildman–Crippen MR) is 69.3 cm³/mol. The second-order valence-corrected chi connectivity index (χ2v) is 5.38. The smallest absolute Gasteiger partial charge is 0.232 e. The van der Waals surface area contributed by atoms with Crippen LogP contribution in [0, 0.1) is 16.0 Å². The summed E-state index contributed by atoms with van der Waals surface area (Å²) in [6.45, 7) is 1.42. The van der Waals surface area contributed by atoms with Gasteiger partial charge in [-0.1, -0.05) is 30.3 Å². The van der Waals surface area contributed by atoms with Crippen LogP contribution in [0.4, 0.5) is 0 Å². The van der Waals surface area contributed by atoms with Crippen LogP contribution in [0.25, 0.3) is 0 Å². The van der Waals surface area contributed by atoms with Crippen molar-refractivity contribution in [3.05, 3.63) is 46.0 Å². The summed E-state index contributed by atoms with van der Waals surface area (Å²) in [5.74, 6) is -0.0254. The van der Waals surface area contributed by atoms with Crippen LogP contribution in [0.3, 0.4) is 0 Å². The number of benzene rings is 1.